The van der Waals surface area contributed by atoms with E-state index in [1.807, 2.05) is 0 Å². The fraction of sp³-hybridized carbons (Fsp3) is 0.500. The summed E-state index contributed by atoms with van der Waals surface area (Å²) < 4.78 is 4.33. The molecule has 1 saturated heterocycles. The number of carbonyl (C=O) groups excluding carboxylic acids is 3. The summed E-state index contributed by atoms with van der Waals surface area (Å²) >= 11 is 0. The van der Waals surface area contributed by atoms with Gasteiger partial charge in [-0.3, -0.25) is 4.79 Å². The van der Waals surface area contributed by atoms with E-state index in [0.29, 0.717) is 19.4 Å². The Balaban J connectivity index is 2.04. The van der Waals surface area contributed by atoms with Crippen LogP contribution in [0.15, 0.2) is 12.6 Å². The SMILES string of the molecule is C=C[B]C(=O)NCCCC[C@@H]1NC(=O)OC1=O. The smallest absolute Gasteiger partial charge is 0.375 e. The topological polar surface area (TPSA) is 84.5 Å². The van der Waals surface area contributed by atoms with E-state index in [1.54, 1.807) is 0 Å². The summed E-state index contributed by atoms with van der Waals surface area (Å²) in [5, 5.41) is 5.07. The van der Waals surface area contributed by atoms with Gasteiger partial charge in [0, 0.05) is 6.54 Å². The van der Waals surface area contributed by atoms with Crippen molar-refractivity contribution in [3.05, 3.63) is 12.6 Å². The van der Waals surface area contributed by atoms with Gasteiger partial charge in [0.05, 0.1) is 0 Å². The third kappa shape index (κ3) is 4.71. The first-order chi connectivity index (χ1) is 8.13. The number of carbonyl (C=O) groups is 3. The number of hydrogen-bond acceptors (Lipinski definition) is 4. The molecule has 91 valence electrons. The van der Waals surface area contributed by atoms with Crippen molar-refractivity contribution in [3.8, 4) is 0 Å². The molecule has 2 amide bonds. The molecular formula is C10H14BN2O4. The Labute approximate surface area is 100 Å². The zero-order valence-electron chi connectivity index (χ0n) is 9.40. The van der Waals surface area contributed by atoms with Crippen molar-refractivity contribution in [2.45, 2.75) is 25.3 Å². The lowest BCUT2D eigenvalue weighted by Crippen LogP contribution is -2.29. The molecule has 0 spiro atoms. The molecule has 2 N–H and O–H groups in total. The van der Waals surface area contributed by atoms with Gasteiger partial charge in [0.25, 0.3) is 7.28 Å². The predicted molar refractivity (Wildman–Crippen MR) is 61.6 cm³/mol. The average molecular weight is 237 g/mol. The second-order valence-electron chi connectivity index (χ2n) is 3.59. The molecule has 0 bridgehead atoms. The third-order valence-electron chi connectivity index (χ3n) is 2.26. The number of esters is 1. The van der Waals surface area contributed by atoms with Crippen LogP contribution in [0.2, 0.25) is 0 Å². The first-order valence-corrected chi connectivity index (χ1v) is 5.39. The van der Waals surface area contributed by atoms with E-state index in [4.69, 9.17) is 0 Å². The highest BCUT2D eigenvalue weighted by Crippen LogP contribution is 2.08. The van der Waals surface area contributed by atoms with E-state index in [1.165, 1.54) is 13.3 Å². The molecule has 1 radical (unpaired) electrons. The lowest BCUT2D eigenvalue weighted by atomic mass is 9.78. The first-order valence-electron chi connectivity index (χ1n) is 5.39. The average Bonchev–Trinajstić information content (AvgIpc) is 2.57. The van der Waals surface area contributed by atoms with Crippen LogP contribution >= 0.6 is 0 Å². The van der Waals surface area contributed by atoms with Gasteiger partial charge >= 0.3 is 12.1 Å². The summed E-state index contributed by atoms with van der Waals surface area (Å²) in [5.74, 6) is 0.701. The minimum absolute atomic E-state index is 0.187. The second-order valence-corrected chi connectivity index (χ2v) is 3.59. The van der Waals surface area contributed by atoms with Gasteiger partial charge in [0.2, 0.25) is 0 Å². The number of alkyl carbamates (subject to hydrolysis) is 1. The molecule has 1 rings (SSSR count). The largest absolute Gasteiger partial charge is 0.415 e. The Hall–Kier alpha value is -1.79. The quantitative estimate of drug-likeness (QED) is 0.289. The van der Waals surface area contributed by atoms with Crippen molar-refractivity contribution in [2.24, 2.45) is 0 Å². The van der Waals surface area contributed by atoms with Gasteiger partial charge in [0.15, 0.2) is 5.81 Å². The van der Waals surface area contributed by atoms with Crippen LogP contribution in [0.3, 0.4) is 0 Å². The fourth-order valence-corrected chi connectivity index (χ4v) is 1.43. The van der Waals surface area contributed by atoms with Crippen molar-refractivity contribution >= 4 is 25.1 Å². The van der Waals surface area contributed by atoms with Gasteiger partial charge in [-0.15, -0.1) is 12.6 Å². The Morgan fingerprint density at radius 2 is 2.29 bits per heavy atom. The predicted octanol–water partition coefficient (Wildman–Crippen LogP) is 0.349. The monoisotopic (exact) mass is 237 g/mol. The van der Waals surface area contributed by atoms with Crippen molar-refractivity contribution in [3.63, 3.8) is 0 Å². The summed E-state index contributed by atoms with van der Waals surface area (Å²) in [6.45, 7) is 3.93. The lowest BCUT2D eigenvalue weighted by molar-refractivity contribution is -0.135. The van der Waals surface area contributed by atoms with Gasteiger partial charge in [-0.25, -0.2) is 9.59 Å². The Morgan fingerprint density at radius 3 is 2.88 bits per heavy atom. The first kappa shape index (κ1) is 13.3. The number of rotatable bonds is 7. The molecule has 0 aromatic rings. The normalized spacial score (nSPS) is 18.2. The minimum atomic E-state index is -0.686. The molecule has 17 heavy (non-hydrogen) atoms. The highest BCUT2D eigenvalue weighted by Gasteiger charge is 2.31. The van der Waals surface area contributed by atoms with Gasteiger partial charge in [0.1, 0.15) is 6.04 Å². The summed E-state index contributed by atoms with van der Waals surface area (Å²) in [7, 11) is 1.34. The molecule has 1 aliphatic heterocycles. The van der Waals surface area contributed by atoms with Gasteiger partial charge in [-0.05, 0) is 19.3 Å². The van der Waals surface area contributed by atoms with Gasteiger partial charge < -0.3 is 15.4 Å². The van der Waals surface area contributed by atoms with Crippen LogP contribution in [-0.2, 0) is 9.53 Å². The van der Waals surface area contributed by atoms with Crippen LogP contribution in [0, 0.1) is 0 Å². The summed E-state index contributed by atoms with van der Waals surface area (Å²) in [6.07, 6.45) is 1.28. The van der Waals surface area contributed by atoms with Crippen LogP contribution in [-0.4, -0.2) is 37.7 Å². The van der Waals surface area contributed by atoms with E-state index < -0.39 is 18.1 Å². The highest BCUT2D eigenvalue weighted by molar-refractivity contribution is 6.77. The molecule has 1 fully saturated rings. The van der Waals surface area contributed by atoms with Crippen LogP contribution in [0.25, 0.3) is 0 Å². The van der Waals surface area contributed by atoms with Crippen molar-refractivity contribution in [2.75, 3.05) is 6.54 Å². The zero-order chi connectivity index (χ0) is 12.7. The number of cyclic esters (lactones) is 2. The molecule has 7 heteroatoms. The van der Waals surface area contributed by atoms with Gasteiger partial charge in [-0.1, -0.05) is 0 Å². The molecule has 1 atom stereocenters. The molecule has 0 unspecified atom stereocenters. The third-order valence-corrected chi connectivity index (χ3v) is 2.26. The Bertz CT molecular complexity index is 332. The van der Waals surface area contributed by atoms with E-state index in [-0.39, 0.29) is 5.81 Å². The molecule has 0 aromatic carbocycles. The van der Waals surface area contributed by atoms with Crippen LogP contribution in [0.1, 0.15) is 19.3 Å². The van der Waals surface area contributed by atoms with Crippen LogP contribution in [0.5, 0.6) is 0 Å². The molecule has 0 saturated carbocycles. The van der Waals surface area contributed by atoms with E-state index in [9.17, 15) is 14.4 Å². The van der Waals surface area contributed by atoms with Crippen LogP contribution in [0.4, 0.5) is 9.59 Å². The summed E-state index contributed by atoms with van der Waals surface area (Å²) in [6, 6.07) is -0.544. The number of amides is 2. The second kappa shape index (κ2) is 6.72. The number of unbranched alkanes of at least 4 members (excludes halogenated alkanes) is 1. The Morgan fingerprint density at radius 1 is 1.53 bits per heavy atom. The minimum Gasteiger partial charge on any atom is -0.375 e. The highest BCUT2D eigenvalue weighted by atomic mass is 16.6. The standard InChI is InChI=1S/C10H14BN2O4/c1-2-11-9(15)12-6-4-3-5-7-8(14)17-10(16)13-7/h2,7H,1,3-6H2,(H,12,15)(H,13,16)/t7-/m0/s1. The number of nitrogens with one attached hydrogen (secondary N) is 2. The summed E-state index contributed by atoms with van der Waals surface area (Å²) in [4.78, 5) is 32.7. The number of ether oxygens (including phenoxy) is 1. The Kier molecular flexibility index (Phi) is 5.25. The molecule has 0 aliphatic carbocycles. The summed E-state index contributed by atoms with van der Waals surface area (Å²) in [5.41, 5.74) is 0. The number of hydrogen-bond donors (Lipinski definition) is 2. The molecule has 0 aromatic heterocycles. The molecule has 1 heterocycles. The van der Waals surface area contributed by atoms with E-state index in [0.717, 1.165) is 6.42 Å². The van der Waals surface area contributed by atoms with Gasteiger partial charge in [-0.2, -0.15) is 0 Å². The maximum atomic E-state index is 11.1. The maximum absolute atomic E-state index is 11.1. The zero-order valence-corrected chi connectivity index (χ0v) is 9.40. The fourth-order valence-electron chi connectivity index (χ4n) is 1.43. The molecule has 6 nitrogen and oxygen atoms in total. The molecular weight excluding hydrogens is 223 g/mol. The van der Waals surface area contributed by atoms with Crippen molar-refractivity contribution in [1.29, 1.82) is 0 Å². The van der Waals surface area contributed by atoms with Crippen molar-refractivity contribution in [1.82, 2.24) is 10.6 Å². The lowest BCUT2D eigenvalue weighted by Gasteiger charge is -2.06. The molecule has 1 aliphatic rings. The van der Waals surface area contributed by atoms with Crippen LogP contribution < -0.4 is 10.6 Å². The van der Waals surface area contributed by atoms with E-state index in [2.05, 4.69) is 21.9 Å². The van der Waals surface area contributed by atoms with Crippen molar-refractivity contribution < 1.29 is 19.1 Å². The van der Waals surface area contributed by atoms with E-state index >= 15 is 0 Å². The maximum Gasteiger partial charge on any atom is 0.415 e.